The average molecular weight is 485 g/mol. The molecule has 1 aliphatic heterocycles. The molecule has 35 heavy (non-hydrogen) atoms. The summed E-state index contributed by atoms with van der Waals surface area (Å²) in [6, 6.07) is 14.3. The van der Waals surface area contributed by atoms with E-state index < -0.39 is 41.0 Å². The molecule has 0 bridgehead atoms. The summed E-state index contributed by atoms with van der Waals surface area (Å²) in [5.41, 5.74) is -0.167. The minimum atomic E-state index is -4.52. The van der Waals surface area contributed by atoms with Crippen molar-refractivity contribution in [3.8, 4) is 5.75 Å². The molecule has 1 unspecified atom stereocenters. The molecule has 0 saturated carbocycles. The maximum absolute atomic E-state index is 13.6. The van der Waals surface area contributed by atoms with E-state index in [0.29, 0.717) is 16.9 Å². The van der Waals surface area contributed by atoms with Gasteiger partial charge in [0.15, 0.2) is 11.5 Å². The zero-order valence-corrected chi connectivity index (χ0v) is 18.3. The van der Waals surface area contributed by atoms with Crippen molar-refractivity contribution >= 4 is 11.7 Å². The fraction of sp³-hybridized carbons (Fsp3) is 0.154. The van der Waals surface area contributed by atoms with Crippen LogP contribution in [0.15, 0.2) is 84.1 Å². The van der Waals surface area contributed by atoms with Crippen molar-refractivity contribution in [2.45, 2.75) is 18.8 Å². The monoisotopic (exact) mass is 485 g/mol. The van der Waals surface area contributed by atoms with Crippen molar-refractivity contribution in [3.05, 3.63) is 112 Å². The lowest BCUT2D eigenvalue weighted by Crippen LogP contribution is -2.30. The number of aliphatic hydroxyl groups excluding tert-OH is 1. The summed E-state index contributed by atoms with van der Waals surface area (Å²) < 4.78 is 57.4. The van der Waals surface area contributed by atoms with Crippen LogP contribution in [0.1, 0.15) is 33.1 Å². The summed E-state index contributed by atoms with van der Waals surface area (Å²) in [5, 5.41) is 10.7. The number of ether oxygens (including phenoxy) is 1. The Morgan fingerprint density at radius 1 is 0.971 bits per heavy atom. The molecular weight excluding hydrogens is 466 g/mol. The van der Waals surface area contributed by atoms with Crippen molar-refractivity contribution in [1.82, 2.24) is 4.90 Å². The minimum Gasteiger partial charge on any atom is -0.503 e. The van der Waals surface area contributed by atoms with Gasteiger partial charge in [-0.15, -0.1) is 0 Å². The maximum atomic E-state index is 13.6. The van der Waals surface area contributed by atoms with E-state index >= 15 is 0 Å². The number of benzene rings is 3. The fourth-order valence-corrected chi connectivity index (χ4v) is 3.93. The molecule has 0 aromatic heterocycles. The Morgan fingerprint density at radius 3 is 2.11 bits per heavy atom. The first-order valence-electron chi connectivity index (χ1n) is 10.4. The van der Waals surface area contributed by atoms with Crippen LogP contribution in [0, 0.1) is 5.82 Å². The van der Waals surface area contributed by atoms with Crippen molar-refractivity contribution in [2.75, 3.05) is 7.11 Å². The number of Topliss-reactive ketones (excluding diaryl/α,β-unsaturated/α-hetero) is 1. The Kier molecular flexibility index (Phi) is 6.34. The second-order valence-electron chi connectivity index (χ2n) is 7.90. The van der Waals surface area contributed by atoms with Gasteiger partial charge < -0.3 is 14.7 Å². The zero-order chi connectivity index (χ0) is 25.3. The Morgan fingerprint density at radius 2 is 1.57 bits per heavy atom. The van der Waals surface area contributed by atoms with Crippen LogP contribution in [0.5, 0.6) is 5.75 Å². The number of rotatable bonds is 6. The van der Waals surface area contributed by atoms with Crippen molar-refractivity contribution in [1.29, 1.82) is 0 Å². The lowest BCUT2D eigenvalue weighted by atomic mass is 9.92. The Labute approximate surface area is 197 Å². The molecule has 0 aliphatic carbocycles. The molecule has 1 amide bonds. The average Bonchev–Trinajstić information content (AvgIpc) is 3.09. The number of nitrogens with zero attached hydrogens (tertiary/aromatic N) is 1. The number of hydrogen-bond donors (Lipinski definition) is 1. The summed E-state index contributed by atoms with van der Waals surface area (Å²) in [7, 11) is 1.46. The number of hydrogen-bond acceptors (Lipinski definition) is 4. The predicted molar refractivity (Wildman–Crippen MR) is 118 cm³/mol. The molecular formula is C26H19F4NO4. The van der Waals surface area contributed by atoms with Crippen molar-refractivity contribution in [2.24, 2.45) is 0 Å². The van der Waals surface area contributed by atoms with Gasteiger partial charge in [-0.2, -0.15) is 13.2 Å². The van der Waals surface area contributed by atoms with E-state index in [4.69, 9.17) is 4.74 Å². The predicted octanol–water partition coefficient (Wildman–Crippen LogP) is 5.63. The Bertz CT molecular complexity index is 1280. The molecule has 1 aliphatic rings. The molecule has 1 N–H and O–H groups in total. The maximum Gasteiger partial charge on any atom is 0.416 e. The number of alkyl halides is 3. The van der Waals surface area contributed by atoms with E-state index in [9.17, 15) is 32.3 Å². The van der Waals surface area contributed by atoms with E-state index in [1.54, 1.807) is 12.1 Å². The van der Waals surface area contributed by atoms with Crippen LogP contribution in [0.4, 0.5) is 17.6 Å². The highest BCUT2D eigenvalue weighted by atomic mass is 19.4. The minimum absolute atomic E-state index is 0.184. The SMILES string of the molecule is COc1ccc(C(=O)C2=C(O)C(=O)N(Cc3ccc(C(F)(F)F)cc3)C2c2ccc(F)cc2)cc1. The lowest BCUT2D eigenvalue weighted by molar-refractivity contribution is -0.137. The third-order valence-electron chi connectivity index (χ3n) is 5.72. The molecule has 0 radical (unpaired) electrons. The molecule has 1 heterocycles. The standard InChI is InChI=1S/C26H19F4NO4/c1-35-20-12-6-17(7-13-20)23(32)21-22(16-4-10-19(27)11-5-16)31(25(34)24(21)33)14-15-2-8-18(9-3-15)26(28,29)30/h2-13,22,33H,14H2,1H3. The smallest absolute Gasteiger partial charge is 0.416 e. The van der Waals surface area contributed by atoms with Crippen molar-refractivity contribution in [3.63, 3.8) is 0 Å². The van der Waals surface area contributed by atoms with Gasteiger partial charge in [0, 0.05) is 12.1 Å². The van der Waals surface area contributed by atoms with Gasteiger partial charge in [0.1, 0.15) is 11.6 Å². The summed E-state index contributed by atoms with van der Waals surface area (Å²) >= 11 is 0. The van der Waals surface area contributed by atoms with Gasteiger partial charge in [-0.05, 0) is 59.7 Å². The quantitative estimate of drug-likeness (QED) is 0.363. The Balaban J connectivity index is 1.73. The van der Waals surface area contributed by atoms with E-state index in [2.05, 4.69) is 0 Å². The second-order valence-corrected chi connectivity index (χ2v) is 7.90. The number of carbonyl (C=O) groups excluding carboxylic acids is 2. The largest absolute Gasteiger partial charge is 0.503 e. The van der Waals surface area contributed by atoms with Gasteiger partial charge in [0.25, 0.3) is 5.91 Å². The molecule has 4 rings (SSSR count). The van der Waals surface area contributed by atoms with Crippen LogP contribution >= 0.6 is 0 Å². The fourth-order valence-electron chi connectivity index (χ4n) is 3.93. The van der Waals surface area contributed by atoms with Crippen LogP contribution < -0.4 is 4.74 Å². The number of aliphatic hydroxyl groups is 1. The normalized spacial score (nSPS) is 16.1. The second kappa shape index (κ2) is 9.25. The van der Waals surface area contributed by atoms with Gasteiger partial charge >= 0.3 is 6.18 Å². The molecule has 180 valence electrons. The summed E-state index contributed by atoms with van der Waals surface area (Å²) in [5.74, 6) is -2.30. The number of halogens is 4. The van der Waals surface area contributed by atoms with Crippen LogP contribution in [0.25, 0.3) is 0 Å². The zero-order valence-electron chi connectivity index (χ0n) is 18.3. The molecule has 0 saturated heterocycles. The number of methoxy groups -OCH3 is 1. The Hall–Kier alpha value is -4.14. The lowest BCUT2D eigenvalue weighted by Gasteiger charge is -2.27. The molecule has 0 fully saturated rings. The van der Waals surface area contributed by atoms with Gasteiger partial charge in [-0.3, -0.25) is 9.59 Å². The van der Waals surface area contributed by atoms with E-state index in [1.165, 1.54) is 48.4 Å². The summed E-state index contributed by atoms with van der Waals surface area (Å²) in [4.78, 5) is 27.6. The van der Waals surface area contributed by atoms with Gasteiger partial charge in [0.05, 0.1) is 24.3 Å². The molecule has 9 heteroatoms. The van der Waals surface area contributed by atoms with Crippen LogP contribution in [0.3, 0.4) is 0 Å². The molecule has 5 nitrogen and oxygen atoms in total. The highest BCUT2D eigenvalue weighted by molar-refractivity contribution is 6.16. The summed E-state index contributed by atoms with van der Waals surface area (Å²) in [6.07, 6.45) is -4.52. The molecule has 3 aromatic rings. The topological polar surface area (TPSA) is 66.8 Å². The van der Waals surface area contributed by atoms with E-state index in [0.717, 1.165) is 24.3 Å². The first-order chi connectivity index (χ1) is 16.6. The van der Waals surface area contributed by atoms with Gasteiger partial charge in [-0.1, -0.05) is 24.3 Å². The third-order valence-corrected chi connectivity index (χ3v) is 5.72. The third kappa shape index (κ3) is 4.75. The van der Waals surface area contributed by atoms with E-state index in [-0.39, 0.29) is 17.7 Å². The number of carbonyl (C=O) groups is 2. The number of ketones is 1. The first kappa shape index (κ1) is 24.0. The molecule has 0 spiro atoms. The number of amides is 1. The summed E-state index contributed by atoms with van der Waals surface area (Å²) in [6.45, 7) is -0.192. The van der Waals surface area contributed by atoms with Crippen LogP contribution in [-0.2, 0) is 17.5 Å². The van der Waals surface area contributed by atoms with Gasteiger partial charge in [0.2, 0.25) is 0 Å². The van der Waals surface area contributed by atoms with Crippen LogP contribution in [-0.4, -0.2) is 28.8 Å². The van der Waals surface area contributed by atoms with E-state index in [1.807, 2.05) is 0 Å². The van der Waals surface area contributed by atoms with Crippen molar-refractivity contribution < 1.29 is 37.0 Å². The first-order valence-corrected chi connectivity index (χ1v) is 10.4. The van der Waals surface area contributed by atoms with Gasteiger partial charge in [-0.25, -0.2) is 4.39 Å². The highest BCUT2D eigenvalue weighted by Crippen LogP contribution is 2.40. The molecule has 3 aromatic carbocycles. The highest BCUT2D eigenvalue weighted by Gasteiger charge is 2.43. The van der Waals surface area contributed by atoms with Crippen LogP contribution in [0.2, 0.25) is 0 Å². The molecule has 1 atom stereocenters.